The van der Waals surface area contributed by atoms with E-state index < -0.39 is 0 Å². The summed E-state index contributed by atoms with van der Waals surface area (Å²) >= 11 is 0. The molecule has 0 bridgehead atoms. The first kappa shape index (κ1) is 22.9. The molecular weight excluding hydrogens is 390 g/mol. The van der Waals surface area contributed by atoms with Crippen molar-refractivity contribution >= 4 is 11.0 Å². The molecule has 0 radical (unpaired) electrons. The van der Waals surface area contributed by atoms with E-state index in [2.05, 4.69) is 53.4 Å². The highest BCUT2D eigenvalue weighted by atomic mass is 16.5. The van der Waals surface area contributed by atoms with Crippen molar-refractivity contribution in [3.05, 3.63) is 64.0 Å². The van der Waals surface area contributed by atoms with Gasteiger partial charge in [-0.3, -0.25) is 9.69 Å². The SMILES string of the molecule is CC(C)N(Cc1c(O)ccc2c(=O)c(Oc3ccc(C(C)(C)C)cc3)coc12)C(C)C. The van der Waals surface area contributed by atoms with Gasteiger partial charge in [0.15, 0.2) is 0 Å². The molecule has 0 aliphatic carbocycles. The van der Waals surface area contributed by atoms with E-state index in [0.29, 0.717) is 28.8 Å². The zero-order valence-corrected chi connectivity index (χ0v) is 19.5. The third kappa shape index (κ3) is 4.93. The van der Waals surface area contributed by atoms with Gasteiger partial charge in [-0.15, -0.1) is 0 Å². The summed E-state index contributed by atoms with van der Waals surface area (Å²) in [4.78, 5) is 15.3. The van der Waals surface area contributed by atoms with Crippen molar-refractivity contribution in [3.8, 4) is 17.2 Å². The number of ether oxygens (including phenoxy) is 1. The number of benzene rings is 2. The fourth-order valence-corrected chi connectivity index (χ4v) is 3.75. The molecule has 0 unspecified atom stereocenters. The Morgan fingerprint density at radius 1 is 1.00 bits per heavy atom. The first-order valence-corrected chi connectivity index (χ1v) is 10.8. The molecule has 2 aromatic carbocycles. The summed E-state index contributed by atoms with van der Waals surface area (Å²) in [5.74, 6) is 0.815. The van der Waals surface area contributed by atoms with Gasteiger partial charge in [-0.25, -0.2) is 0 Å². The lowest BCUT2D eigenvalue weighted by Crippen LogP contribution is -2.36. The normalized spacial score (nSPS) is 12.3. The monoisotopic (exact) mass is 423 g/mol. The van der Waals surface area contributed by atoms with Gasteiger partial charge in [0, 0.05) is 18.6 Å². The average molecular weight is 424 g/mol. The van der Waals surface area contributed by atoms with Crippen LogP contribution >= 0.6 is 0 Å². The fourth-order valence-electron chi connectivity index (χ4n) is 3.75. The lowest BCUT2D eigenvalue weighted by atomic mass is 9.87. The molecule has 0 atom stereocenters. The summed E-state index contributed by atoms with van der Waals surface area (Å²) in [7, 11) is 0. The smallest absolute Gasteiger partial charge is 0.235 e. The van der Waals surface area contributed by atoms with Crippen LogP contribution in [0.2, 0.25) is 0 Å². The minimum atomic E-state index is -0.261. The average Bonchev–Trinajstić information content (AvgIpc) is 2.68. The van der Waals surface area contributed by atoms with Gasteiger partial charge < -0.3 is 14.3 Å². The van der Waals surface area contributed by atoms with Crippen LogP contribution in [0.25, 0.3) is 11.0 Å². The van der Waals surface area contributed by atoms with Crippen molar-refractivity contribution in [3.63, 3.8) is 0 Å². The molecule has 3 rings (SSSR count). The molecule has 0 aliphatic heterocycles. The second kappa shape index (κ2) is 8.75. The Morgan fingerprint density at radius 2 is 1.61 bits per heavy atom. The molecule has 0 spiro atoms. The zero-order valence-electron chi connectivity index (χ0n) is 19.5. The number of hydrogen-bond acceptors (Lipinski definition) is 5. The van der Waals surface area contributed by atoms with Crippen LogP contribution in [0.1, 0.15) is 59.6 Å². The molecule has 166 valence electrons. The number of nitrogens with zero attached hydrogens (tertiary/aromatic N) is 1. The van der Waals surface area contributed by atoms with Crippen molar-refractivity contribution < 1.29 is 14.3 Å². The maximum Gasteiger partial charge on any atom is 0.235 e. The Morgan fingerprint density at radius 3 is 2.16 bits per heavy atom. The molecule has 3 aromatic rings. The maximum atomic E-state index is 13.1. The van der Waals surface area contributed by atoms with Crippen molar-refractivity contribution in [1.29, 1.82) is 0 Å². The quantitative estimate of drug-likeness (QED) is 0.511. The van der Waals surface area contributed by atoms with Crippen LogP contribution in [0, 0.1) is 0 Å². The van der Waals surface area contributed by atoms with Crippen molar-refractivity contribution in [2.75, 3.05) is 0 Å². The Kier molecular flexibility index (Phi) is 6.46. The third-order valence-corrected chi connectivity index (χ3v) is 5.60. The minimum Gasteiger partial charge on any atom is -0.507 e. The highest BCUT2D eigenvalue weighted by Gasteiger charge is 2.21. The molecule has 1 heterocycles. The molecule has 0 saturated carbocycles. The highest BCUT2D eigenvalue weighted by molar-refractivity contribution is 5.83. The Bertz CT molecular complexity index is 1100. The van der Waals surface area contributed by atoms with E-state index in [9.17, 15) is 9.90 Å². The van der Waals surface area contributed by atoms with Gasteiger partial charge in [0.1, 0.15) is 23.3 Å². The summed E-state index contributed by atoms with van der Waals surface area (Å²) < 4.78 is 11.7. The number of hydrogen-bond donors (Lipinski definition) is 1. The van der Waals surface area contributed by atoms with E-state index >= 15 is 0 Å². The van der Waals surface area contributed by atoms with E-state index in [4.69, 9.17) is 9.15 Å². The molecule has 5 nitrogen and oxygen atoms in total. The Hall–Kier alpha value is -2.79. The molecular formula is C26H33NO4. The van der Waals surface area contributed by atoms with Crippen LogP contribution < -0.4 is 10.2 Å². The largest absolute Gasteiger partial charge is 0.507 e. The number of phenolic OH excluding ortho intramolecular Hbond substituents is 1. The molecule has 5 heteroatoms. The van der Waals surface area contributed by atoms with Gasteiger partial charge in [-0.05, 0) is 62.9 Å². The second-order valence-electron chi connectivity index (χ2n) is 9.61. The van der Waals surface area contributed by atoms with Gasteiger partial charge in [-0.2, -0.15) is 0 Å². The van der Waals surface area contributed by atoms with E-state index in [-0.39, 0.29) is 34.4 Å². The number of rotatable bonds is 6. The number of aromatic hydroxyl groups is 1. The van der Waals surface area contributed by atoms with Gasteiger partial charge in [0.05, 0.1) is 10.9 Å². The van der Waals surface area contributed by atoms with Crippen molar-refractivity contribution in [2.45, 2.75) is 72.5 Å². The Balaban J connectivity index is 1.98. The molecule has 0 saturated heterocycles. The summed E-state index contributed by atoms with van der Waals surface area (Å²) in [5.41, 5.74) is 1.97. The lowest BCUT2D eigenvalue weighted by Gasteiger charge is -2.30. The van der Waals surface area contributed by atoms with E-state index in [1.807, 2.05) is 24.3 Å². The standard InChI is InChI=1S/C26H33NO4/c1-16(2)27(17(3)4)14-21-22(28)13-12-20-24(29)23(15-30-25(20)21)31-19-10-8-18(9-11-19)26(5,6)7/h8-13,15-17,28H,14H2,1-7H3. The van der Waals surface area contributed by atoms with E-state index in [1.165, 1.54) is 11.8 Å². The first-order chi connectivity index (χ1) is 14.5. The first-order valence-electron chi connectivity index (χ1n) is 10.8. The predicted octanol–water partition coefficient (Wildman–Crippen LogP) is 6.21. The Labute approximate surface area is 184 Å². The van der Waals surface area contributed by atoms with E-state index in [1.54, 1.807) is 12.1 Å². The van der Waals surface area contributed by atoms with Gasteiger partial charge in [-0.1, -0.05) is 32.9 Å². The molecule has 0 aliphatic rings. The van der Waals surface area contributed by atoms with Crippen LogP contribution in [-0.4, -0.2) is 22.1 Å². The molecule has 1 aromatic heterocycles. The topological polar surface area (TPSA) is 62.9 Å². The van der Waals surface area contributed by atoms with Crippen LogP contribution in [0.5, 0.6) is 17.2 Å². The molecule has 0 amide bonds. The minimum absolute atomic E-state index is 0.0404. The summed E-state index contributed by atoms with van der Waals surface area (Å²) in [6.45, 7) is 15.3. The van der Waals surface area contributed by atoms with Gasteiger partial charge in [0.25, 0.3) is 0 Å². The van der Waals surface area contributed by atoms with Crippen molar-refractivity contribution in [2.24, 2.45) is 0 Å². The van der Waals surface area contributed by atoms with Crippen LogP contribution in [0.3, 0.4) is 0 Å². The van der Waals surface area contributed by atoms with Crippen molar-refractivity contribution in [1.82, 2.24) is 4.90 Å². The van der Waals surface area contributed by atoms with Crippen LogP contribution in [-0.2, 0) is 12.0 Å². The molecule has 1 N–H and O–H groups in total. The summed E-state index contributed by atoms with van der Waals surface area (Å²) in [6.07, 6.45) is 1.33. The van der Waals surface area contributed by atoms with E-state index in [0.717, 1.165) is 0 Å². The second-order valence-corrected chi connectivity index (χ2v) is 9.61. The summed E-state index contributed by atoms with van der Waals surface area (Å²) in [5, 5.41) is 10.9. The van der Waals surface area contributed by atoms with Gasteiger partial charge >= 0.3 is 0 Å². The van der Waals surface area contributed by atoms with Gasteiger partial charge in [0.2, 0.25) is 11.2 Å². The fraction of sp³-hybridized carbons (Fsp3) is 0.423. The van der Waals surface area contributed by atoms with Crippen LogP contribution in [0.15, 0.2) is 51.9 Å². The lowest BCUT2D eigenvalue weighted by molar-refractivity contribution is 0.164. The molecule has 31 heavy (non-hydrogen) atoms. The highest BCUT2D eigenvalue weighted by Crippen LogP contribution is 2.31. The zero-order chi connectivity index (χ0) is 22.9. The van der Waals surface area contributed by atoms with Crippen LogP contribution in [0.4, 0.5) is 0 Å². The predicted molar refractivity (Wildman–Crippen MR) is 125 cm³/mol. The third-order valence-electron chi connectivity index (χ3n) is 5.60. The molecule has 0 fully saturated rings. The summed E-state index contributed by atoms with van der Waals surface area (Å²) in [6, 6.07) is 11.4. The number of fused-ring (bicyclic) bond motifs is 1. The number of phenols is 1. The maximum absolute atomic E-state index is 13.1.